The van der Waals surface area contributed by atoms with Gasteiger partial charge in [0.2, 0.25) is 5.95 Å². The van der Waals surface area contributed by atoms with Gasteiger partial charge in [-0.2, -0.15) is 0 Å². The van der Waals surface area contributed by atoms with Crippen LogP contribution in [0.15, 0.2) is 12.4 Å². The number of carboxylic acid groups (broad SMARTS) is 1. The average Bonchev–Trinajstić information content (AvgIpc) is 2.56. The summed E-state index contributed by atoms with van der Waals surface area (Å²) in [6.45, 7) is 1.94. The number of H-pyrrole nitrogens is 1. The Morgan fingerprint density at radius 1 is 1.85 bits per heavy atom. The van der Waals surface area contributed by atoms with Crippen molar-refractivity contribution in [3.05, 3.63) is 12.4 Å². The number of nitrogens with one attached hydrogen (secondary N) is 3. The van der Waals surface area contributed by atoms with E-state index in [9.17, 15) is 4.79 Å². The van der Waals surface area contributed by atoms with Crippen molar-refractivity contribution in [2.75, 3.05) is 12.0 Å². The van der Waals surface area contributed by atoms with Crippen LogP contribution in [0.3, 0.4) is 0 Å². The quantitative estimate of drug-likeness (QED) is 0.477. The predicted molar refractivity (Wildman–Crippen MR) is 47.3 cm³/mol. The van der Waals surface area contributed by atoms with Crippen LogP contribution >= 0.6 is 0 Å². The highest BCUT2D eigenvalue weighted by molar-refractivity contribution is 5.72. The molecule has 0 radical (unpaired) electrons. The van der Waals surface area contributed by atoms with Crippen LogP contribution in [0, 0.1) is 0 Å². The average molecular weight is 184 g/mol. The molecule has 0 aliphatic heterocycles. The predicted octanol–water partition coefficient (Wildman–Crippen LogP) is -0.158. The molecule has 0 aromatic carbocycles. The Labute approximate surface area is 75.4 Å². The van der Waals surface area contributed by atoms with Crippen LogP contribution in [-0.4, -0.2) is 33.8 Å². The maximum Gasteiger partial charge on any atom is 0.320 e. The first-order valence-corrected chi connectivity index (χ1v) is 3.89. The van der Waals surface area contributed by atoms with Gasteiger partial charge in [-0.1, -0.05) is 0 Å². The fourth-order valence-electron chi connectivity index (χ4n) is 0.737. The van der Waals surface area contributed by atoms with Crippen LogP contribution in [0.1, 0.15) is 6.92 Å². The van der Waals surface area contributed by atoms with Gasteiger partial charge in [0.25, 0.3) is 0 Å². The van der Waals surface area contributed by atoms with Crippen molar-refractivity contribution >= 4 is 11.9 Å². The molecule has 6 heteroatoms. The van der Waals surface area contributed by atoms with Gasteiger partial charge in [0, 0.05) is 12.4 Å². The number of anilines is 1. The van der Waals surface area contributed by atoms with Gasteiger partial charge < -0.3 is 15.4 Å². The first-order chi connectivity index (χ1) is 6.20. The highest BCUT2D eigenvalue weighted by Gasteiger charge is 2.08. The fourth-order valence-corrected chi connectivity index (χ4v) is 0.737. The Balaban J connectivity index is 2.18. The zero-order chi connectivity index (χ0) is 9.68. The lowest BCUT2D eigenvalue weighted by atomic mass is 10.3. The van der Waals surface area contributed by atoms with Gasteiger partial charge in [-0.25, -0.2) is 4.98 Å². The number of aromatic nitrogens is 2. The molecular weight excluding hydrogens is 172 g/mol. The number of nitrogens with zero attached hydrogens (tertiary/aromatic N) is 1. The molecule has 0 saturated heterocycles. The van der Waals surface area contributed by atoms with Crippen LogP contribution in [0.5, 0.6) is 0 Å². The summed E-state index contributed by atoms with van der Waals surface area (Å²) in [5.41, 5.74) is 0. The first kappa shape index (κ1) is 9.53. The van der Waals surface area contributed by atoms with Crippen LogP contribution in [0.2, 0.25) is 0 Å². The molecule has 1 heterocycles. The minimum atomic E-state index is -0.874. The summed E-state index contributed by atoms with van der Waals surface area (Å²) in [6, 6.07) is -0.567. The van der Waals surface area contributed by atoms with Gasteiger partial charge in [-0.05, 0) is 6.92 Å². The Kier molecular flexibility index (Phi) is 3.27. The largest absolute Gasteiger partial charge is 0.480 e. The third kappa shape index (κ3) is 3.12. The molecule has 1 aromatic rings. The minimum absolute atomic E-state index is 0.362. The molecule has 0 saturated carbocycles. The van der Waals surface area contributed by atoms with Crippen molar-refractivity contribution in [2.24, 2.45) is 0 Å². The molecule has 6 nitrogen and oxygen atoms in total. The first-order valence-electron chi connectivity index (χ1n) is 3.89. The smallest absolute Gasteiger partial charge is 0.320 e. The van der Waals surface area contributed by atoms with E-state index in [1.165, 1.54) is 0 Å². The van der Waals surface area contributed by atoms with Gasteiger partial charge in [-0.15, -0.1) is 0 Å². The molecule has 0 aliphatic rings. The number of carboxylic acids is 1. The maximum absolute atomic E-state index is 10.4. The molecule has 1 atom stereocenters. The van der Waals surface area contributed by atoms with Crippen molar-refractivity contribution in [1.29, 1.82) is 0 Å². The van der Waals surface area contributed by atoms with E-state index in [1.807, 2.05) is 0 Å². The molecular formula is C7H12N4O2. The summed E-state index contributed by atoms with van der Waals surface area (Å²) in [7, 11) is 0. The summed E-state index contributed by atoms with van der Waals surface area (Å²) < 4.78 is 0. The fraction of sp³-hybridized carbons (Fsp3) is 0.429. The number of hydrogen-bond acceptors (Lipinski definition) is 4. The molecule has 0 aliphatic carbocycles. The molecule has 0 unspecified atom stereocenters. The van der Waals surface area contributed by atoms with E-state index in [-0.39, 0.29) is 0 Å². The second kappa shape index (κ2) is 4.46. The van der Waals surface area contributed by atoms with E-state index in [1.54, 1.807) is 19.3 Å². The topological polar surface area (TPSA) is 90.0 Å². The molecule has 72 valence electrons. The van der Waals surface area contributed by atoms with Crippen LogP contribution < -0.4 is 10.6 Å². The SMILES string of the molecule is C[C@H](NCNc1ncc[nH]1)C(=O)O. The summed E-state index contributed by atoms with van der Waals surface area (Å²) in [4.78, 5) is 17.1. The second-order valence-corrected chi connectivity index (χ2v) is 2.56. The summed E-state index contributed by atoms with van der Waals surface area (Å²) in [6.07, 6.45) is 3.30. The second-order valence-electron chi connectivity index (χ2n) is 2.56. The van der Waals surface area contributed by atoms with Crippen molar-refractivity contribution in [3.8, 4) is 0 Å². The molecule has 4 N–H and O–H groups in total. The molecule has 0 amide bonds. The Morgan fingerprint density at radius 2 is 2.62 bits per heavy atom. The molecule has 0 spiro atoms. The number of aliphatic carboxylic acids is 1. The Bertz CT molecular complexity index is 259. The summed E-state index contributed by atoms with van der Waals surface area (Å²) in [5, 5.41) is 14.1. The number of imidazole rings is 1. The zero-order valence-electron chi connectivity index (χ0n) is 7.24. The van der Waals surface area contributed by atoms with E-state index in [0.29, 0.717) is 12.6 Å². The van der Waals surface area contributed by atoms with Gasteiger partial charge in [0.1, 0.15) is 6.04 Å². The van der Waals surface area contributed by atoms with Gasteiger partial charge in [0.15, 0.2) is 0 Å². The third-order valence-corrected chi connectivity index (χ3v) is 1.53. The van der Waals surface area contributed by atoms with Crippen molar-refractivity contribution < 1.29 is 9.90 Å². The molecule has 0 fully saturated rings. The Morgan fingerprint density at radius 3 is 3.15 bits per heavy atom. The van der Waals surface area contributed by atoms with Gasteiger partial charge in [0.05, 0.1) is 6.67 Å². The normalized spacial score (nSPS) is 12.4. The van der Waals surface area contributed by atoms with E-state index in [4.69, 9.17) is 5.11 Å². The lowest BCUT2D eigenvalue weighted by molar-refractivity contribution is -0.138. The molecule has 13 heavy (non-hydrogen) atoms. The number of hydrogen-bond donors (Lipinski definition) is 4. The van der Waals surface area contributed by atoms with Crippen molar-refractivity contribution in [3.63, 3.8) is 0 Å². The standard InChI is InChI=1S/C7H12N4O2/c1-5(6(12)13)10-4-11-7-8-2-3-9-7/h2-3,5,10H,4H2,1H3,(H,12,13)(H2,8,9,11)/t5-/m0/s1. The van der Waals surface area contributed by atoms with E-state index in [0.717, 1.165) is 0 Å². The Hall–Kier alpha value is -1.56. The van der Waals surface area contributed by atoms with Crippen molar-refractivity contribution in [2.45, 2.75) is 13.0 Å². The van der Waals surface area contributed by atoms with Gasteiger partial charge >= 0.3 is 5.97 Å². The third-order valence-electron chi connectivity index (χ3n) is 1.53. The highest BCUT2D eigenvalue weighted by atomic mass is 16.4. The monoisotopic (exact) mass is 184 g/mol. The molecule has 1 rings (SSSR count). The minimum Gasteiger partial charge on any atom is -0.480 e. The molecule has 0 bridgehead atoms. The molecule has 1 aromatic heterocycles. The van der Waals surface area contributed by atoms with Crippen molar-refractivity contribution in [1.82, 2.24) is 15.3 Å². The maximum atomic E-state index is 10.4. The summed E-state index contributed by atoms with van der Waals surface area (Å²) in [5.74, 6) is -0.258. The van der Waals surface area contributed by atoms with E-state index in [2.05, 4.69) is 20.6 Å². The van der Waals surface area contributed by atoms with E-state index >= 15 is 0 Å². The van der Waals surface area contributed by atoms with E-state index < -0.39 is 12.0 Å². The highest BCUT2D eigenvalue weighted by Crippen LogP contribution is 1.92. The van der Waals surface area contributed by atoms with Crippen LogP contribution in [-0.2, 0) is 4.79 Å². The lowest BCUT2D eigenvalue weighted by Gasteiger charge is -2.08. The lowest BCUT2D eigenvalue weighted by Crippen LogP contribution is -2.37. The van der Waals surface area contributed by atoms with Crippen LogP contribution in [0.25, 0.3) is 0 Å². The zero-order valence-corrected chi connectivity index (χ0v) is 7.24. The summed E-state index contributed by atoms with van der Waals surface area (Å²) >= 11 is 0. The number of carbonyl (C=O) groups is 1. The number of rotatable bonds is 5. The van der Waals surface area contributed by atoms with Gasteiger partial charge in [-0.3, -0.25) is 10.1 Å². The number of aromatic amines is 1. The van der Waals surface area contributed by atoms with Crippen LogP contribution in [0.4, 0.5) is 5.95 Å².